The highest BCUT2D eigenvalue weighted by Crippen LogP contribution is 2.29. The van der Waals surface area contributed by atoms with Crippen LogP contribution in [0.2, 0.25) is 0 Å². The number of ketones is 1. The van der Waals surface area contributed by atoms with Crippen molar-refractivity contribution in [1.29, 1.82) is 0 Å². The molecule has 1 unspecified atom stereocenters. The van der Waals surface area contributed by atoms with Crippen LogP contribution in [0.4, 0.5) is 4.79 Å². The average Bonchev–Trinajstić information content (AvgIpc) is 3.17. The molecule has 0 saturated carbocycles. The van der Waals surface area contributed by atoms with E-state index in [1.54, 1.807) is 63.5 Å². The van der Waals surface area contributed by atoms with Gasteiger partial charge in [-0.05, 0) is 23.2 Å². The summed E-state index contributed by atoms with van der Waals surface area (Å²) < 4.78 is 6.21. The van der Waals surface area contributed by atoms with Gasteiger partial charge in [0, 0.05) is 41.7 Å². The standard InChI is InChI=1S/C22H21N5O4/c1-13(24-25-23)14-8-10-15(11-9-14)20(28)17-12-27(22(30)26(2)3)18-7-5-6-16(19(17)18)21(29)31-4/h5-13H,1-4H3. The first kappa shape index (κ1) is 21.6. The van der Waals surface area contributed by atoms with E-state index in [2.05, 4.69) is 10.0 Å². The Bertz CT molecular complexity index is 1220. The molecule has 0 spiro atoms. The summed E-state index contributed by atoms with van der Waals surface area (Å²) in [7, 11) is 4.46. The second kappa shape index (κ2) is 8.73. The lowest BCUT2D eigenvalue weighted by Gasteiger charge is -2.11. The number of hydrogen-bond donors (Lipinski definition) is 0. The van der Waals surface area contributed by atoms with E-state index >= 15 is 0 Å². The molecule has 9 nitrogen and oxygen atoms in total. The van der Waals surface area contributed by atoms with Crippen LogP contribution < -0.4 is 0 Å². The molecule has 1 atom stereocenters. The van der Waals surface area contributed by atoms with Crippen LogP contribution in [0.1, 0.15) is 44.8 Å². The molecule has 1 aromatic heterocycles. The Balaban J connectivity index is 2.18. The zero-order valence-corrected chi connectivity index (χ0v) is 17.6. The minimum absolute atomic E-state index is 0.197. The number of aromatic nitrogens is 1. The number of esters is 1. The van der Waals surface area contributed by atoms with Gasteiger partial charge in [0.15, 0.2) is 5.78 Å². The number of carbonyl (C=O) groups excluding carboxylic acids is 3. The van der Waals surface area contributed by atoms with Gasteiger partial charge in [0.1, 0.15) is 0 Å². The Morgan fingerprint density at radius 1 is 1.10 bits per heavy atom. The maximum absolute atomic E-state index is 13.4. The Morgan fingerprint density at radius 3 is 2.35 bits per heavy atom. The first-order valence-electron chi connectivity index (χ1n) is 9.43. The van der Waals surface area contributed by atoms with E-state index in [1.807, 2.05) is 0 Å². The second-order valence-electron chi connectivity index (χ2n) is 7.11. The van der Waals surface area contributed by atoms with E-state index in [9.17, 15) is 14.4 Å². The first-order valence-corrected chi connectivity index (χ1v) is 9.43. The molecular weight excluding hydrogens is 398 g/mol. The number of methoxy groups -OCH3 is 1. The molecule has 0 bridgehead atoms. The van der Waals surface area contributed by atoms with Crippen molar-refractivity contribution in [2.45, 2.75) is 13.0 Å². The highest BCUT2D eigenvalue weighted by atomic mass is 16.5. The fourth-order valence-corrected chi connectivity index (χ4v) is 3.33. The highest BCUT2D eigenvalue weighted by molar-refractivity contribution is 6.21. The molecule has 0 aliphatic heterocycles. The van der Waals surface area contributed by atoms with Crippen LogP contribution in [-0.2, 0) is 4.74 Å². The third-order valence-corrected chi connectivity index (χ3v) is 4.95. The van der Waals surface area contributed by atoms with Crippen molar-refractivity contribution < 1.29 is 19.1 Å². The Hall–Kier alpha value is -4.10. The third kappa shape index (κ3) is 3.99. The van der Waals surface area contributed by atoms with Crippen molar-refractivity contribution in [3.63, 3.8) is 0 Å². The Kier molecular flexibility index (Phi) is 6.08. The minimum Gasteiger partial charge on any atom is -0.465 e. The summed E-state index contributed by atoms with van der Waals surface area (Å²) in [5, 5.41) is 4.00. The van der Waals surface area contributed by atoms with E-state index in [0.29, 0.717) is 16.5 Å². The lowest BCUT2D eigenvalue weighted by Crippen LogP contribution is -2.26. The van der Waals surface area contributed by atoms with Crippen LogP contribution in [0.25, 0.3) is 21.3 Å². The first-order chi connectivity index (χ1) is 14.8. The molecule has 0 radical (unpaired) electrons. The van der Waals surface area contributed by atoms with Gasteiger partial charge in [-0.1, -0.05) is 42.4 Å². The molecule has 2 aromatic carbocycles. The number of amides is 1. The topological polar surface area (TPSA) is 117 Å². The molecule has 1 heterocycles. The lowest BCUT2D eigenvalue weighted by molar-refractivity contribution is 0.0603. The van der Waals surface area contributed by atoms with Gasteiger partial charge in [-0.3, -0.25) is 9.36 Å². The fourth-order valence-electron chi connectivity index (χ4n) is 3.33. The summed E-state index contributed by atoms with van der Waals surface area (Å²) in [6.07, 6.45) is 1.44. The summed E-state index contributed by atoms with van der Waals surface area (Å²) in [5.74, 6) is -0.956. The predicted molar refractivity (Wildman–Crippen MR) is 115 cm³/mol. The second-order valence-corrected chi connectivity index (χ2v) is 7.11. The molecule has 0 N–H and O–H groups in total. The van der Waals surface area contributed by atoms with Crippen molar-refractivity contribution in [3.05, 3.63) is 81.4 Å². The van der Waals surface area contributed by atoms with Crippen LogP contribution in [-0.4, -0.2) is 48.5 Å². The number of benzene rings is 2. The van der Waals surface area contributed by atoms with Crippen LogP contribution >= 0.6 is 0 Å². The maximum Gasteiger partial charge on any atom is 0.338 e. The molecule has 3 aromatic rings. The number of rotatable bonds is 5. The van der Waals surface area contributed by atoms with Crippen LogP contribution in [0.3, 0.4) is 0 Å². The summed E-state index contributed by atoms with van der Waals surface area (Å²) in [4.78, 5) is 42.6. The molecule has 0 aliphatic rings. The molecule has 0 aliphatic carbocycles. The van der Waals surface area contributed by atoms with Crippen LogP contribution in [0.5, 0.6) is 0 Å². The van der Waals surface area contributed by atoms with Crippen LogP contribution in [0.15, 0.2) is 53.8 Å². The highest BCUT2D eigenvalue weighted by Gasteiger charge is 2.25. The molecule has 31 heavy (non-hydrogen) atoms. The van der Waals surface area contributed by atoms with E-state index in [0.717, 1.165) is 5.56 Å². The number of carbonyl (C=O) groups is 3. The number of azide groups is 1. The van der Waals surface area contributed by atoms with Gasteiger partial charge in [-0.2, -0.15) is 0 Å². The molecular formula is C22H21N5O4. The number of hydrogen-bond acceptors (Lipinski definition) is 5. The van der Waals surface area contributed by atoms with Gasteiger partial charge in [-0.25, -0.2) is 9.59 Å². The third-order valence-electron chi connectivity index (χ3n) is 4.95. The van der Waals surface area contributed by atoms with Gasteiger partial charge in [0.2, 0.25) is 0 Å². The van der Waals surface area contributed by atoms with Gasteiger partial charge in [0.25, 0.3) is 0 Å². The van der Waals surface area contributed by atoms with Gasteiger partial charge in [0.05, 0.1) is 24.2 Å². The number of nitrogens with zero attached hydrogens (tertiary/aromatic N) is 5. The van der Waals surface area contributed by atoms with E-state index in [4.69, 9.17) is 10.3 Å². The largest absolute Gasteiger partial charge is 0.465 e. The zero-order valence-electron chi connectivity index (χ0n) is 17.6. The maximum atomic E-state index is 13.4. The fraction of sp³-hybridized carbons (Fsp3) is 0.227. The summed E-state index contributed by atoms with van der Waals surface area (Å²) in [6.45, 7) is 1.75. The number of ether oxygens (including phenoxy) is 1. The van der Waals surface area contributed by atoms with E-state index in [1.165, 1.54) is 22.8 Å². The summed E-state index contributed by atoms with van der Waals surface area (Å²) in [5.41, 5.74) is 10.6. The van der Waals surface area contributed by atoms with E-state index < -0.39 is 5.97 Å². The molecule has 3 rings (SSSR count). The van der Waals surface area contributed by atoms with Crippen molar-refractivity contribution >= 4 is 28.7 Å². The van der Waals surface area contributed by atoms with Crippen molar-refractivity contribution in [2.24, 2.45) is 5.11 Å². The van der Waals surface area contributed by atoms with Gasteiger partial charge >= 0.3 is 12.0 Å². The quantitative estimate of drug-likeness (QED) is 0.198. The predicted octanol–water partition coefficient (Wildman–Crippen LogP) is 4.56. The Labute approximate surface area is 178 Å². The molecule has 1 amide bonds. The van der Waals surface area contributed by atoms with Crippen molar-refractivity contribution in [1.82, 2.24) is 9.47 Å². The molecule has 158 valence electrons. The normalized spacial score (nSPS) is 11.5. The Morgan fingerprint density at radius 2 is 1.77 bits per heavy atom. The van der Waals surface area contributed by atoms with Gasteiger partial charge in [-0.15, -0.1) is 0 Å². The SMILES string of the molecule is COC(=O)c1cccc2c1c(C(=O)c1ccc(C(C)N=[N+]=[N-])cc1)cn2C(=O)N(C)C. The lowest BCUT2D eigenvalue weighted by atomic mass is 9.98. The van der Waals surface area contributed by atoms with Crippen LogP contribution in [0, 0.1) is 0 Å². The molecule has 0 fully saturated rings. The minimum atomic E-state index is -0.603. The monoisotopic (exact) mass is 419 g/mol. The number of fused-ring (bicyclic) bond motifs is 1. The molecule has 0 saturated heterocycles. The van der Waals surface area contributed by atoms with Crippen molar-refractivity contribution in [2.75, 3.05) is 21.2 Å². The van der Waals surface area contributed by atoms with Crippen molar-refractivity contribution in [3.8, 4) is 0 Å². The van der Waals surface area contributed by atoms with E-state index in [-0.39, 0.29) is 29.0 Å². The summed E-state index contributed by atoms with van der Waals surface area (Å²) in [6, 6.07) is 10.8. The average molecular weight is 419 g/mol. The van der Waals surface area contributed by atoms with Gasteiger partial charge < -0.3 is 9.64 Å². The smallest absolute Gasteiger partial charge is 0.338 e. The summed E-state index contributed by atoms with van der Waals surface area (Å²) >= 11 is 0. The molecule has 9 heteroatoms. The zero-order chi connectivity index (χ0) is 22.7.